The van der Waals surface area contributed by atoms with E-state index in [1.54, 1.807) is 28.2 Å². The van der Waals surface area contributed by atoms with Crippen LogP contribution in [0.15, 0.2) is 41.8 Å². The summed E-state index contributed by atoms with van der Waals surface area (Å²) in [4.78, 5) is 17.6. The minimum Gasteiger partial charge on any atom is -0.340 e. The monoisotopic (exact) mass is 386 g/mol. The van der Waals surface area contributed by atoms with E-state index in [0.717, 1.165) is 18.0 Å². The minimum atomic E-state index is -0.327. The summed E-state index contributed by atoms with van der Waals surface area (Å²) in [6.07, 6.45) is 0.468. The van der Waals surface area contributed by atoms with E-state index >= 15 is 0 Å². The maximum absolute atomic E-state index is 13.5. The van der Waals surface area contributed by atoms with Crippen LogP contribution in [0.3, 0.4) is 0 Å². The van der Waals surface area contributed by atoms with Crippen molar-refractivity contribution in [2.75, 3.05) is 26.2 Å². The quantitative estimate of drug-likeness (QED) is 0.668. The second kappa shape index (κ2) is 7.93. The fourth-order valence-electron chi connectivity index (χ4n) is 3.14. The predicted molar refractivity (Wildman–Crippen MR) is 99.0 cm³/mol. The number of halogens is 1. The molecule has 3 heterocycles. The van der Waals surface area contributed by atoms with E-state index in [-0.39, 0.29) is 11.7 Å². The fourth-order valence-corrected chi connectivity index (χ4v) is 3.84. The van der Waals surface area contributed by atoms with Crippen molar-refractivity contribution in [3.63, 3.8) is 0 Å². The van der Waals surface area contributed by atoms with Gasteiger partial charge >= 0.3 is 0 Å². The van der Waals surface area contributed by atoms with Crippen LogP contribution in [0.2, 0.25) is 0 Å². The molecule has 1 amide bonds. The zero-order chi connectivity index (χ0) is 18.6. The number of amides is 1. The number of carbonyl (C=O) groups is 1. The van der Waals surface area contributed by atoms with Crippen molar-refractivity contribution in [3.8, 4) is 5.69 Å². The first-order valence-electron chi connectivity index (χ1n) is 8.75. The van der Waals surface area contributed by atoms with E-state index in [2.05, 4.69) is 20.4 Å². The molecule has 0 aliphatic carbocycles. The van der Waals surface area contributed by atoms with Gasteiger partial charge in [0.1, 0.15) is 5.82 Å². The largest absolute Gasteiger partial charge is 0.340 e. The first-order valence-corrected chi connectivity index (χ1v) is 9.63. The molecule has 1 aliphatic rings. The van der Waals surface area contributed by atoms with Crippen LogP contribution >= 0.6 is 11.3 Å². The third-order valence-electron chi connectivity index (χ3n) is 4.58. The number of carbonyl (C=O) groups excluding carboxylic acids is 1. The van der Waals surface area contributed by atoms with Crippen LogP contribution in [0.4, 0.5) is 4.39 Å². The lowest BCUT2D eigenvalue weighted by Gasteiger charge is -2.34. The molecule has 0 unspecified atom stereocenters. The Kier molecular flexibility index (Phi) is 5.21. The molecule has 0 N–H and O–H groups in total. The summed E-state index contributed by atoms with van der Waals surface area (Å²) in [7, 11) is 0. The number of hydrogen-bond acceptors (Lipinski definition) is 6. The molecule has 0 radical (unpaired) electrons. The van der Waals surface area contributed by atoms with E-state index in [1.165, 1.54) is 12.1 Å². The summed E-state index contributed by atoms with van der Waals surface area (Å²) in [5, 5.41) is 13.8. The summed E-state index contributed by atoms with van der Waals surface area (Å²) < 4.78 is 15.0. The molecule has 0 saturated carbocycles. The Hall–Kier alpha value is -2.65. The number of aromatic nitrogens is 4. The van der Waals surface area contributed by atoms with Crippen LogP contribution in [0.25, 0.3) is 5.69 Å². The van der Waals surface area contributed by atoms with Gasteiger partial charge < -0.3 is 4.90 Å². The Balaban J connectivity index is 1.35. The Morgan fingerprint density at radius 1 is 1.15 bits per heavy atom. The van der Waals surface area contributed by atoms with E-state index in [1.807, 2.05) is 22.4 Å². The highest BCUT2D eigenvalue weighted by molar-refractivity contribution is 7.10. The Labute approximate surface area is 160 Å². The second-order valence-corrected chi connectivity index (χ2v) is 7.43. The van der Waals surface area contributed by atoms with Crippen molar-refractivity contribution in [2.45, 2.75) is 13.0 Å². The lowest BCUT2D eigenvalue weighted by molar-refractivity contribution is -0.132. The zero-order valence-electron chi connectivity index (χ0n) is 14.7. The highest BCUT2D eigenvalue weighted by Crippen LogP contribution is 2.14. The van der Waals surface area contributed by atoms with Gasteiger partial charge in [0, 0.05) is 31.1 Å². The van der Waals surface area contributed by atoms with E-state index in [9.17, 15) is 9.18 Å². The third kappa shape index (κ3) is 4.20. The molecule has 1 saturated heterocycles. The topological polar surface area (TPSA) is 67.2 Å². The summed E-state index contributed by atoms with van der Waals surface area (Å²) in [5.74, 6) is 0.493. The van der Waals surface area contributed by atoms with Gasteiger partial charge in [-0.25, -0.2) is 4.39 Å². The van der Waals surface area contributed by atoms with Gasteiger partial charge in [-0.15, -0.1) is 16.4 Å². The Bertz CT molecular complexity index is 904. The average molecular weight is 386 g/mol. The Morgan fingerprint density at radius 2 is 2.00 bits per heavy atom. The minimum absolute atomic E-state index is 0.168. The first-order chi connectivity index (χ1) is 13.2. The van der Waals surface area contributed by atoms with Crippen LogP contribution in [0, 0.1) is 5.82 Å². The summed E-state index contributed by atoms with van der Waals surface area (Å²) in [6.45, 7) is 3.44. The van der Waals surface area contributed by atoms with Crippen molar-refractivity contribution in [2.24, 2.45) is 0 Å². The van der Waals surface area contributed by atoms with Crippen LogP contribution in [0.1, 0.15) is 10.7 Å². The van der Waals surface area contributed by atoms with Gasteiger partial charge in [-0.1, -0.05) is 12.1 Å². The molecule has 0 atom stereocenters. The highest BCUT2D eigenvalue weighted by Gasteiger charge is 2.23. The van der Waals surface area contributed by atoms with Crippen LogP contribution in [0.5, 0.6) is 0 Å². The zero-order valence-corrected chi connectivity index (χ0v) is 15.5. The van der Waals surface area contributed by atoms with E-state index < -0.39 is 0 Å². The first kappa shape index (κ1) is 17.7. The molecule has 1 aromatic carbocycles. The fraction of sp³-hybridized carbons (Fsp3) is 0.333. The van der Waals surface area contributed by atoms with Gasteiger partial charge in [0.25, 0.3) is 0 Å². The lowest BCUT2D eigenvalue weighted by atomic mass is 10.2. The van der Waals surface area contributed by atoms with Gasteiger partial charge in [0.2, 0.25) is 5.91 Å². The highest BCUT2D eigenvalue weighted by atomic mass is 32.1. The maximum Gasteiger partial charge on any atom is 0.227 e. The third-order valence-corrected chi connectivity index (χ3v) is 5.46. The molecule has 1 aliphatic heterocycles. The molecule has 140 valence electrons. The van der Waals surface area contributed by atoms with E-state index in [0.29, 0.717) is 37.6 Å². The predicted octanol–water partition coefficient (Wildman–Crippen LogP) is 1.75. The second-order valence-electron chi connectivity index (χ2n) is 6.40. The number of benzene rings is 1. The Morgan fingerprint density at radius 3 is 2.74 bits per heavy atom. The molecular formula is C18H19FN6OS. The standard InChI is InChI=1S/C18H19FN6OS/c19-14-3-1-4-15(11-14)25-17(20-21-22-25)13-23-6-8-24(9-7-23)18(26)12-16-5-2-10-27-16/h1-5,10-11H,6-9,12-13H2. The van der Waals surface area contributed by atoms with Crippen molar-refractivity contribution in [1.29, 1.82) is 0 Å². The molecule has 9 heteroatoms. The summed E-state index contributed by atoms with van der Waals surface area (Å²) in [5.41, 5.74) is 0.597. The molecule has 1 fully saturated rings. The molecule has 3 aromatic rings. The van der Waals surface area contributed by atoms with Crippen LogP contribution in [-0.2, 0) is 17.8 Å². The smallest absolute Gasteiger partial charge is 0.227 e. The number of nitrogens with zero attached hydrogens (tertiary/aromatic N) is 6. The molecule has 7 nitrogen and oxygen atoms in total. The van der Waals surface area contributed by atoms with E-state index in [4.69, 9.17) is 0 Å². The summed E-state index contributed by atoms with van der Waals surface area (Å²) in [6, 6.07) is 10.2. The van der Waals surface area contributed by atoms with Gasteiger partial charge in [0.05, 0.1) is 18.7 Å². The average Bonchev–Trinajstić information content (AvgIpc) is 3.34. The van der Waals surface area contributed by atoms with Crippen molar-refractivity contribution < 1.29 is 9.18 Å². The molecule has 0 spiro atoms. The molecular weight excluding hydrogens is 367 g/mol. The van der Waals surface area contributed by atoms with Crippen molar-refractivity contribution >= 4 is 17.2 Å². The van der Waals surface area contributed by atoms with Crippen LogP contribution in [-0.4, -0.2) is 62.1 Å². The lowest BCUT2D eigenvalue weighted by Crippen LogP contribution is -2.48. The van der Waals surface area contributed by atoms with Gasteiger partial charge in [-0.2, -0.15) is 4.68 Å². The number of thiophene rings is 1. The van der Waals surface area contributed by atoms with Gasteiger partial charge in [0.15, 0.2) is 5.82 Å². The molecule has 4 rings (SSSR count). The molecule has 2 aromatic heterocycles. The van der Waals surface area contributed by atoms with Gasteiger partial charge in [-0.05, 0) is 40.1 Å². The maximum atomic E-state index is 13.5. The van der Waals surface area contributed by atoms with Crippen molar-refractivity contribution in [1.82, 2.24) is 30.0 Å². The van der Waals surface area contributed by atoms with Gasteiger partial charge in [-0.3, -0.25) is 9.69 Å². The molecule has 27 heavy (non-hydrogen) atoms. The molecule has 0 bridgehead atoms. The normalized spacial score (nSPS) is 15.2. The van der Waals surface area contributed by atoms with Crippen molar-refractivity contribution in [3.05, 3.63) is 58.3 Å². The number of piperazine rings is 1. The number of tetrazole rings is 1. The van der Waals surface area contributed by atoms with Crippen LogP contribution < -0.4 is 0 Å². The number of hydrogen-bond donors (Lipinski definition) is 0. The number of rotatable bonds is 5. The SMILES string of the molecule is O=C(Cc1cccs1)N1CCN(Cc2nnnn2-c2cccc(F)c2)CC1. The summed E-state index contributed by atoms with van der Waals surface area (Å²) >= 11 is 1.61.